The van der Waals surface area contributed by atoms with Gasteiger partial charge in [0.1, 0.15) is 19.3 Å². The minimum atomic E-state index is -4.49. The van der Waals surface area contributed by atoms with Gasteiger partial charge in [0.05, 0.1) is 34.4 Å². The average Bonchev–Trinajstić information content (AvgIpc) is 2.82. The second-order valence-corrected chi connectivity index (χ2v) is 12.5. The fourth-order valence-electron chi connectivity index (χ4n) is 3.78. The highest BCUT2D eigenvalue weighted by molar-refractivity contribution is 7.45. The Bertz CT molecular complexity index is 583. The number of hydrogen-bond acceptors (Lipinski definition) is 7. The molecule has 2 unspecified atom stereocenters. The van der Waals surface area contributed by atoms with Gasteiger partial charge in [0.25, 0.3) is 7.82 Å². The van der Waals surface area contributed by atoms with Gasteiger partial charge in [-0.2, -0.15) is 0 Å². The zero-order valence-electron chi connectivity index (χ0n) is 24.7. The lowest BCUT2D eigenvalue weighted by Gasteiger charge is -2.28. The normalized spacial score (nSPS) is 14.4. The molecule has 0 saturated heterocycles. The summed E-state index contributed by atoms with van der Waals surface area (Å²) >= 11 is 0. The molecule has 222 valence electrons. The van der Waals surface area contributed by atoms with Crippen molar-refractivity contribution in [3.05, 3.63) is 0 Å². The molecule has 0 aliphatic rings. The number of phosphoric ester groups is 1. The van der Waals surface area contributed by atoms with Crippen molar-refractivity contribution in [3.63, 3.8) is 0 Å². The molecule has 2 atom stereocenters. The number of phosphoric acid groups is 1. The molecular formula is C28H58NO7P. The van der Waals surface area contributed by atoms with E-state index in [0.717, 1.165) is 32.1 Å². The number of rotatable bonds is 27. The van der Waals surface area contributed by atoms with Crippen LogP contribution >= 0.6 is 7.82 Å². The topological polar surface area (TPSA) is 94.1 Å². The van der Waals surface area contributed by atoms with Crippen LogP contribution in [-0.2, 0) is 27.9 Å². The second kappa shape index (κ2) is 23.4. The van der Waals surface area contributed by atoms with E-state index in [-0.39, 0.29) is 25.8 Å². The molecule has 0 amide bonds. The van der Waals surface area contributed by atoms with Gasteiger partial charge in [0.15, 0.2) is 0 Å². The molecule has 0 saturated carbocycles. The Balaban J connectivity index is 4.41. The number of quaternary nitrogens is 1. The summed E-state index contributed by atoms with van der Waals surface area (Å²) in [7, 11) is 1.36. The molecular weight excluding hydrogens is 493 g/mol. The van der Waals surface area contributed by atoms with E-state index in [4.69, 9.17) is 18.5 Å². The first-order chi connectivity index (χ1) is 17.6. The van der Waals surface area contributed by atoms with Crippen LogP contribution < -0.4 is 4.89 Å². The lowest BCUT2D eigenvalue weighted by molar-refractivity contribution is -0.870. The maximum Gasteiger partial charge on any atom is 0.306 e. The lowest BCUT2D eigenvalue weighted by atomic mass is 10.1. The SMILES string of the molecule is CCCCCCCCCCC(=O)OC(COCCCCCCCCC)COP(=O)([O-])OCC[N+](C)(C)C. The molecule has 0 aliphatic heterocycles. The number of ether oxygens (including phenoxy) is 2. The Labute approximate surface area is 228 Å². The Morgan fingerprint density at radius 3 is 1.78 bits per heavy atom. The van der Waals surface area contributed by atoms with Crippen LogP contribution in [0.15, 0.2) is 0 Å². The molecule has 9 heteroatoms. The average molecular weight is 552 g/mol. The van der Waals surface area contributed by atoms with Gasteiger partial charge < -0.3 is 27.9 Å². The van der Waals surface area contributed by atoms with Crippen molar-refractivity contribution in [1.29, 1.82) is 0 Å². The number of hydrogen-bond donors (Lipinski definition) is 0. The van der Waals surface area contributed by atoms with Gasteiger partial charge >= 0.3 is 5.97 Å². The maximum atomic E-state index is 12.4. The standard InChI is InChI=1S/C28H58NO7P/c1-6-8-10-12-14-15-17-19-21-28(30)36-27(25-33-23-20-18-16-13-11-9-7-2)26-35-37(31,32)34-24-22-29(3,4)5/h27H,6-26H2,1-5H3. The van der Waals surface area contributed by atoms with Gasteiger partial charge in [-0.25, -0.2) is 0 Å². The second-order valence-electron chi connectivity index (χ2n) is 11.1. The van der Waals surface area contributed by atoms with Crippen LogP contribution in [-0.4, -0.2) is 70.7 Å². The first kappa shape index (κ1) is 36.5. The minimum absolute atomic E-state index is 0.0297. The van der Waals surface area contributed by atoms with Crippen molar-refractivity contribution >= 4 is 13.8 Å². The fourth-order valence-corrected chi connectivity index (χ4v) is 4.51. The summed E-state index contributed by atoms with van der Waals surface area (Å²) in [5.41, 5.74) is 0. The third-order valence-corrected chi connectivity index (χ3v) is 7.12. The van der Waals surface area contributed by atoms with E-state index in [1.54, 1.807) is 0 Å². The van der Waals surface area contributed by atoms with Crippen LogP contribution in [0.2, 0.25) is 0 Å². The van der Waals surface area contributed by atoms with Gasteiger partial charge in [0, 0.05) is 13.0 Å². The van der Waals surface area contributed by atoms with Gasteiger partial charge in [-0.1, -0.05) is 97.3 Å². The summed E-state index contributed by atoms with van der Waals surface area (Å²) in [5.74, 6) is -0.342. The van der Waals surface area contributed by atoms with E-state index in [1.807, 2.05) is 21.1 Å². The Kier molecular flexibility index (Phi) is 23.1. The molecule has 0 aromatic rings. The van der Waals surface area contributed by atoms with Gasteiger partial charge in [0.2, 0.25) is 0 Å². The molecule has 0 rings (SSSR count). The third-order valence-electron chi connectivity index (χ3n) is 6.16. The first-order valence-electron chi connectivity index (χ1n) is 14.8. The lowest BCUT2D eigenvalue weighted by Crippen LogP contribution is -2.37. The smallest absolute Gasteiger partial charge is 0.306 e. The van der Waals surface area contributed by atoms with Crippen molar-refractivity contribution in [2.75, 3.05) is 54.1 Å². The summed E-state index contributed by atoms with van der Waals surface area (Å²) in [6.07, 6.45) is 16.9. The van der Waals surface area contributed by atoms with Crippen LogP contribution in [0.25, 0.3) is 0 Å². The Hall–Kier alpha value is -0.500. The first-order valence-corrected chi connectivity index (χ1v) is 16.2. The van der Waals surface area contributed by atoms with E-state index in [9.17, 15) is 14.3 Å². The van der Waals surface area contributed by atoms with Gasteiger partial charge in [-0.05, 0) is 12.8 Å². The van der Waals surface area contributed by atoms with Crippen LogP contribution in [0, 0.1) is 0 Å². The highest BCUT2D eigenvalue weighted by Crippen LogP contribution is 2.38. The molecule has 8 nitrogen and oxygen atoms in total. The molecule has 0 aromatic carbocycles. The molecule has 0 aromatic heterocycles. The van der Waals surface area contributed by atoms with Crippen LogP contribution in [0.4, 0.5) is 0 Å². The number of esters is 1. The van der Waals surface area contributed by atoms with Crippen molar-refractivity contribution in [3.8, 4) is 0 Å². The van der Waals surface area contributed by atoms with E-state index in [1.165, 1.54) is 64.2 Å². The minimum Gasteiger partial charge on any atom is -0.756 e. The monoisotopic (exact) mass is 551 g/mol. The zero-order chi connectivity index (χ0) is 27.8. The molecule has 0 heterocycles. The van der Waals surface area contributed by atoms with Crippen LogP contribution in [0.5, 0.6) is 0 Å². The number of likely N-dealkylation sites (N-methyl/N-ethyl adjacent to an activating group) is 1. The van der Waals surface area contributed by atoms with Crippen LogP contribution in [0.3, 0.4) is 0 Å². The summed E-state index contributed by atoms with van der Waals surface area (Å²) in [4.78, 5) is 24.5. The predicted molar refractivity (Wildman–Crippen MR) is 148 cm³/mol. The number of unbranched alkanes of at least 4 members (excludes halogenated alkanes) is 13. The highest BCUT2D eigenvalue weighted by atomic mass is 31.2. The van der Waals surface area contributed by atoms with Crippen molar-refractivity contribution < 1.29 is 37.3 Å². The number of carbonyl (C=O) groups excluding carboxylic acids is 1. The van der Waals surface area contributed by atoms with E-state index < -0.39 is 13.9 Å². The predicted octanol–water partition coefficient (Wildman–Crippen LogP) is 6.40. The highest BCUT2D eigenvalue weighted by Gasteiger charge is 2.20. The maximum absolute atomic E-state index is 12.4. The molecule has 0 spiro atoms. The largest absolute Gasteiger partial charge is 0.756 e. The van der Waals surface area contributed by atoms with Crippen molar-refractivity contribution in [1.82, 2.24) is 0 Å². The third kappa shape index (κ3) is 26.9. The van der Waals surface area contributed by atoms with Gasteiger partial charge in [-0.15, -0.1) is 0 Å². The quantitative estimate of drug-likeness (QED) is 0.0504. The molecule has 0 fully saturated rings. The van der Waals surface area contributed by atoms with Crippen LogP contribution in [0.1, 0.15) is 117 Å². The molecule has 0 radical (unpaired) electrons. The zero-order valence-corrected chi connectivity index (χ0v) is 25.6. The Morgan fingerprint density at radius 1 is 0.730 bits per heavy atom. The van der Waals surface area contributed by atoms with Crippen molar-refractivity contribution in [2.24, 2.45) is 0 Å². The summed E-state index contributed by atoms with van der Waals surface area (Å²) in [6.45, 7) is 5.33. The summed E-state index contributed by atoms with van der Waals surface area (Å²) in [5, 5.41) is 0. The molecule has 37 heavy (non-hydrogen) atoms. The van der Waals surface area contributed by atoms with Gasteiger partial charge in [-0.3, -0.25) is 9.36 Å². The number of carbonyl (C=O) groups is 1. The fraction of sp³-hybridized carbons (Fsp3) is 0.964. The molecule has 0 aliphatic carbocycles. The molecule has 0 bridgehead atoms. The summed E-state index contributed by atoms with van der Waals surface area (Å²) < 4.78 is 34.0. The van der Waals surface area contributed by atoms with Crippen molar-refractivity contribution in [2.45, 2.75) is 123 Å². The Morgan fingerprint density at radius 2 is 1.24 bits per heavy atom. The van der Waals surface area contributed by atoms with E-state index in [0.29, 0.717) is 24.1 Å². The molecule has 0 N–H and O–H groups in total. The van der Waals surface area contributed by atoms with E-state index in [2.05, 4.69) is 13.8 Å². The number of nitrogens with zero attached hydrogens (tertiary/aromatic N) is 1. The van der Waals surface area contributed by atoms with E-state index >= 15 is 0 Å². The summed E-state index contributed by atoms with van der Waals surface area (Å²) in [6, 6.07) is 0.